The van der Waals surface area contributed by atoms with Crippen molar-refractivity contribution in [3.63, 3.8) is 0 Å². The molecule has 1 aliphatic rings. The Morgan fingerprint density at radius 1 is 0.905 bits per heavy atom. The number of nitrogens with one attached hydrogen (secondary N) is 2. The average Bonchev–Trinajstić information content (AvgIpc) is 3.67. The molecule has 0 radical (unpaired) electrons. The number of hydrogen-bond donors (Lipinski definition) is 4. The van der Waals surface area contributed by atoms with Gasteiger partial charge in [0.1, 0.15) is 12.2 Å². The fourth-order valence-corrected chi connectivity index (χ4v) is 5.94. The van der Waals surface area contributed by atoms with Crippen LogP contribution in [-0.2, 0) is 18.5 Å². The van der Waals surface area contributed by atoms with Crippen molar-refractivity contribution in [2.45, 2.75) is 141 Å². The zero-order valence-corrected chi connectivity index (χ0v) is 27.1. The quantitative estimate of drug-likeness (QED) is 0.0325. The SMILES string of the molecule is CCCCCCCCCCCCCCCCCCOCCCOP(O)OCC1CCC(c2ccc(C(N)=NC=N)[nH]2)O1. The fraction of sp³-hybridized carbons (Fsp3) is 0.812. The van der Waals surface area contributed by atoms with Crippen LogP contribution in [0.25, 0.3) is 0 Å². The maximum absolute atomic E-state index is 10.0. The van der Waals surface area contributed by atoms with Crippen molar-refractivity contribution >= 4 is 20.8 Å². The third-order valence-electron chi connectivity index (χ3n) is 7.79. The molecule has 1 fully saturated rings. The van der Waals surface area contributed by atoms with E-state index in [1.807, 2.05) is 12.1 Å². The number of H-pyrrole nitrogens is 1. The summed E-state index contributed by atoms with van der Waals surface area (Å²) in [6.07, 6.45) is 25.1. The molecule has 10 heteroatoms. The minimum atomic E-state index is -1.92. The Labute approximate surface area is 256 Å². The number of rotatable bonds is 28. The molecule has 0 aromatic carbocycles. The number of nitrogens with zero attached hydrogens (tertiary/aromatic N) is 1. The van der Waals surface area contributed by atoms with Gasteiger partial charge in [-0.2, -0.15) is 0 Å². The number of aromatic nitrogens is 1. The molecule has 0 aliphatic carbocycles. The summed E-state index contributed by atoms with van der Waals surface area (Å²) in [5.74, 6) is 0.267. The molecule has 242 valence electrons. The smallest absolute Gasteiger partial charge is 0.329 e. The van der Waals surface area contributed by atoms with E-state index in [0.717, 1.165) is 44.3 Å². The van der Waals surface area contributed by atoms with Crippen molar-refractivity contribution in [1.29, 1.82) is 5.41 Å². The molecule has 1 aliphatic heterocycles. The lowest BCUT2D eigenvalue weighted by Gasteiger charge is -2.15. The predicted molar refractivity (Wildman–Crippen MR) is 173 cm³/mol. The summed E-state index contributed by atoms with van der Waals surface area (Å²) in [5.41, 5.74) is 7.40. The zero-order valence-electron chi connectivity index (χ0n) is 26.2. The Morgan fingerprint density at radius 2 is 1.50 bits per heavy atom. The summed E-state index contributed by atoms with van der Waals surface area (Å²) in [5, 5.41) is 7.03. The van der Waals surface area contributed by atoms with Crippen LogP contribution < -0.4 is 5.73 Å². The molecular formula is C32H59N4O5P. The average molecular weight is 611 g/mol. The molecule has 9 nitrogen and oxygen atoms in total. The van der Waals surface area contributed by atoms with Gasteiger partial charge < -0.3 is 34.1 Å². The molecule has 0 spiro atoms. The first-order valence-corrected chi connectivity index (χ1v) is 17.8. The Balaban J connectivity index is 1.31. The third kappa shape index (κ3) is 17.7. The van der Waals surface area contributed by atoms with E-state index in [0.29, 0.717) is 25.5 Å². The lowest BCUT2D eigenvalue weighted by atomic mass is 10.0. The van der Waals surface area contributed by atoms with Gasteiger partial charge in [-0.25, -0.2) is 4.99 Å². The molecule has 0 saturated carbocycles. The number of ether oxygens (including phenoxy) is 2. The zero-order chi connectivity index (χ0) is 30.1. The van der Waals surface area contributed by atoms with Crippen LogP contribution in [0.15, 0.2) is 17.1 Å². The van der Waals surface area contributed by atoms with Crippen LogP contribution in [0, 0.1) is 5.41 Å². The molecule has 1 saturated heterocycles. The van der Waals surface area contributed by atoms with E-state index < -0.39 is 8.60 Å². The lowest BCUT2D eigenvalue weighted by molar-refractivity contribution is 0.0108. The van der Waals surface area contributed by atoms with Crippen molar-refractivity contribution in [2.24, 2.45) is 10.7 Å². The Hall–Kier alpha value is -1.35. The normalized spacial score (nSPS) is 18.1. The number of unbranched alkanes of at least 4 members (excludes halogenated alkanes) is 15. The van der Waals surface area contributed by atoms with Gasteiger partial charge in [0.25, 0.3) is 0 Å². The first-order valence-electron chi connectivity index (χ1n) is 16.6. The van der Waals surface area contributed by atoms with Crippen molar-refractivity contribution in [3.05, 3.63) is 23.5 Å². The summed E-state index contributed by atoms with van der Waals surface area (Å²) >= 11 is 0. The van der Waals surface area contributed by atoms with Gasteiger partial charge in [0, 0.05) is 18.9 Å². The van der Waals surface area contributed by atoms with E-state index in [1.54, 1.807) is 0 Å². The molecule has 1 aromatic rings. The van der Waals surface area contributed by atoms with Gasteiger partial charge in [0.05, 0.1) is 31.1 Å². The highest BCUT2D eigenvalue weighted by Gasteiger charge is 2.28. The Bertz CT molecular complexity index is 825. The Kier molecular flexibility index (Phi) is 22.0. The van der Waals surface area contributed by atoms with Gasteiger partial charge in [-0.1, -0.05) is 103 Å². The standard InChI is InChI=1S/C32H59N4O5P/c1-2-3-4-5-6-7-8-9-10-11-12-13-14-15-16-17-23-38-24-18-25-39-42(37)40-26-28-19-22-31(41-28)29-20-21-30(36-29)32(34)35-27-33/h20-21,27-28,31,36-37H,2-19,22-26H2,1H3,(H3,33,34,35). The van der Waals surface area contributed by atoms with Gasteiger partial charge in [-0.15, -0.1) is 0 Å². The van der Waals surface area contributed by atoms with Crippen LogP contribution >= 0.6 is 8.60 Å². The second-order valence-corrected chi connectivity index (χ2v) is 12.4. The maximum atomic E-state index is 10.0. The molecule has 5 N–H and O–H groups in total. The largest absolute Gasteiger partial charge is 0.382 e. The van der Waals surface area contributed by atoms with E-state index >= 15 is 0 Å². The molecule has 2 rings (SSSR count). The van der Waals surface area contributed by atoms with Crippen LogP contribution in [0.4, 0.5) is 0 Å². The van der Waals surface area contributed by atoms with E-state index in [9.17, 15) is 4.89 Å². The first-order chi connectivity index (χ1) is 20.6. The van der Waals surface area contributed by atoms with Gasteiger partial charge in [0.15, 0.2) is 0 Å². The summed E-state index contributed by atoms with van der Waals surface area (Å²) in [6, 6.07) is 3.75. The van der Waals surface area contributed by atoms with Crippen molar-refractivity contribution in [1.82, 2.24) is 4.98 Å². The number of amidine groups is 1. The van der Waals surface area contributed by atoms with E-state index in [1.165, 1.54) is 96.3 Å². The summed E-state index contributed by atoms with van der Waals surface area (Å²) < 4.78 is 22.7. The molecule has 0 amide bonds. The molecule has 3 unspecified atom stereocenters. The second kappa shape index (κ2) is 25.0. The van der Waals surface area contributed by atoms with Gasteiger partial charge >= 0.3 is 8.60 Å². The van der Waals surface area contributed by atoms with Gasteiger partial charge in [-0.3, -0.25) is 5.41 Å². The van der Waals surface area contributed by atoms with Gasteiger partial charge in [0.2, 0.25) is 0 Å². The number of hydrogen-bond acceptors (Lipinski definition) is 6. The molecular weight excluding hydrogens is 551 g/mol. The summed E-state index contributed by atoms with van der Waals surface area (Å²) in [4.78, 5) is 17.0. The topological polar surface area (TPSA) is 135 Å². The second-order valence-electron chi connectivity index (χ2n) is 11.4. The molecule has 42 heavy (non-hydrogen) atoms. The van der Waals surface area contributed by atoms with Crippen LogP contribution in [0.2, 0.25) is 0 Å². The van der Waals surface area contributed by atoms with E-state index in [-0.39, 0.29) is 18.0 Å². The van der Waals surface area contributed by atoms with Crippen molar-refractivity contribution in [3.8, 4) is 0 Å². The monoisotopic (exact) mass is 610 g/mol. The van der Waals surface area contributed by atoms with Crippen LogP contribution in [0.5, 0.6) is 0 Å². The number of aromatic amines is 1. The lowest BCUT2D eigenvalue weighted by Crippen LogP contribution is -2.15. The van der Waals surface area contributed by atoms with E-state index in [2.05, 4.69) is 16.9 Å². The fourth-order valence-electron chi connectivity index (χ4n) is 5.29. The molecule has 1 aromatic heterocycles. The number of aliphatic imine (C=N–C) groups is 1. The van der Waals surface area contributed by atoms with Crippen molar-refractivity contribution in [2.75, 3.05) is 26.4 Å². The molecule has 0 bridgehead atoms. The highest BCUT2D eigenvalue weighted by Crippen LogP contribution is 2.37. The molecule has 3 atom stereocenters. The minimum Gasteiger partial charge on any atom is -0.382 e. The van der Waals surface area contributed by atoms with Crippen molar-refractivity contribution < 1.29 is 23.4 Å². The number of nitrogens with two attached hydrogens (primary N) is 1. The highest BCUT2D eigenvalue weighted by molar-refractivity contribution is 7.40. The Morgan fingerprint density at radius 3 is 2.12 bits per heavy atom. The van der Waals surface area contributed by atoms with Crippen LogP contribution in [0.1, 0.15) is 146 Å². The molecule has 2 heterocycles. The maximum Gasteiger partial charge on any atom is 0.329 e. The van der Waals surface area contributed by atoms with Crippen LogP contribution in [-0.4, -0.2) is 54.6 Å². The minimum absolute atomic E-state index is 0.0857. The highest BCUT2D eigenvalue weighted by atomic mass is 31.2. The predicted octanol–water partition coefficient (Wildman–Crippen LogP) is 8.47. The summed E-state index contributed by atoms with van der Waals surface area (Å²) in [7, 11) is -1.92. The first kappa shape index (κ1) is 36.8. The summed E-state index contributed by atoms with van der Waals surface area (Å²) in [6.45, 7) is 4.43. The van der Waals surface area contributed by atoms with Gasteiger partial charge in [-0.05, 0) is 37.8 Å². The van der Waals surface area contributed by atoms with E-state index in [4.69, 9.17) is 29.7 Å². The third-order valence-corrected chi connectivity index (χ3v) is 8.56. The van der Waals surface area contributed by atoms with Crippen LogP contribution in [0.3, 0.4) is 0 Å².